The lowest BCUT2D eigenvalue weighted by atomic mass is 10.00. The van der Waals surface area contributed by atoms with Gasteiger partial charge in [0.05, 0.1) is 11.0 Å². The van der Waals surface area contributed by atoms with Crippen molar-refractivity contribution in [1.82, 2.24) is 14.9 Å². The molecule has 4 rings (SSSR count). The molecule has 0 aliphatic carbocycles. The summed E-state index contributed by atoms with van der Waals surface area (Å²) in [6.45, 7) is 6.65. The van der Waals surface area contributed by atoms with Gasteiger partial charge in [-0.25, -0.2) is 4.98 Å². The lowest BCUT2D eigenvalue weighted by Crippen LogP contribution is -2.48. The van der Waals surface area contributed by atoms with Gasteiger partial charge < -0.3 is 19.5 Å². The van der Waals surface area contributed by atoms with Crippen molar-refractivity contribution in [3.8, 4) is 0 Å². The maximum Gasteiger partial charge on any atom is 0.219 e. The van der Waals surface area contributed by atoms with E-state index in [4.69, 9.17) is 9.72 Å². The number of hydrogen-bond acceptors (Lipinski definition) is 4. The fourth-order valence-electron chi connectivity index (χ4n) is 3.66. The van der Waals surface area contributed by atoms with Gasteiger partial charge in [0.1, 0.15) is 5.82 Å². The Labute approximate surface area is 141 Å². The Morgan fingerprint density at radius 2 is 1.96 bits per heavy atom. The van der Waals surface area contributed by atoms with Gasteiger partial charge in [0, 0.05) is 57.9 Å². The molecule has 1 amide bonds. The number of amides is 1. The third-order valence-electron chi connectivity index (χ3n) is 5.18. The molecule has 0 atom stereocenters. The van der Waals surface area contributed by atoms with Crippen LogP contribution in [0.1, 0.15) is 31.5 Å². The maximum absolute atomic E-state index is 11.5. The number of aromatic nitrogens is 2. The molecule has 2 fully saturated rings. The number of fused-ring (bicyclic) bond motifs is 1. The van der Waals surface area contributed by atoms with Crippen LogP contribution >= 0.6 is 0 Å². The van der Waals surface area contributed by atoms with Crippen LogP contribution in [0.2, 0.25) is 0 Å². The zero-order valence-corrected chi connectivity index (χ0v) is 14.1. The van der Waals surface area contributed by atoms with Crippen LogP contribution in [0, 0.1) is 0 Å². The minimum atomic E-state index is 0.166. The first-order valence-corrected chi connectivity index (χ1v) is 8.78. The van der Waals surface area contributed by atoms with Crippen molar-refractivity contribution in [1.29, 1.82) is 0 Å². The summed E-state index contributed by atoms with van der Waals surface area (Å²) >= 11 is 0. The SMILES string of the molecule is CC(=O)N1CCN(c2ccc3nc(C4CCOCC4)[nH]c3c2)CC1. The molecular weight excluding hydrogens is 304 g/mol. The predicted octanol–water partition coefficient (Wildman–Crippen LogP) is 2.13. The second kappa shape index (κ2) is 6.43. The molecule has 24 heavy (non-hydrogen) atoms. The van der Waals surface area contributed by atoms with Gasteiger partial charge in [0.2, 0.25) is 5.91 Å². The molecule has 1 aromatic carbocycles. The Bertz CT molecular complexity index is 728. The van der Waals surface area contributed by atoms with Crippen LogP contribution in [0.3, 0.4) is 0 Å². The zero-order valence-electron chi connectivity index (χ0n) is 14.1. The third-order valence-corrected chi connectivity index (χ3v) is 5.18. The average Bonchev–Trinajstić information content (AvgIpc) is 3.06. The molecule has 2 aliphatic heterocycles. The van der Waals surface area contributed by atoms with Gasteiger partial charge >= 0.3 is 0 Å². The number of rotatable bonds is 2. The Morgan fingerprint density at radius 1 is 1.21 bits per heavy atom. The lowest BCUT2D eigenvalue weighted by Gasteiger charge is -2.35. The molecule has 0 unspecified atom stereocenters. The third kappa shape index (κ3) is 2.98. The van der Waals surface area contributed by atoms with Crippen molar-refractivity contribution in [3.63, 3.8) is 0 Å². The summed E-state index contributed by atoms with van der Waals surface area (Å²) in [7, 11) is 0. The second-order valence-electron chi connectivity index (χ2n) is 6.70. The number of H-pyrrole nitrogens is 1. The Balaban J connectivity index is 1.52. The van der Waals surface area contributed by atoms with E-state index in [0.29, 0.717) is 5.92 Å². The molecular formula is C18H24N4O2. The second-order valence-corrected chi connectivity index (χ2v) is 6.70. The summed E-state index contributed by atoms with van der Waals surface area (Å²) in [6.07, 6.45) is 2.08. The molecule has 1 N–H and O–H groups in total. The van der Waals surface area contributed by atoms with Gasteiger partial charge in [-0.2, -0.15) is 0 Å². The van der Waals surface area contributed by atoms with E-state index in [-0.39, 0.29) is 5.91 Å². The van der Waals surface area contributed by atoms with Crippen LogP contribution in [-0.4, -0.2) is 60.2 Å². The van der Waals surface area contributed by atoms with E-state index in [1.807, 2.05) is 4.90 Å². The highest BCUT2D eigenvalue weighted by atomic mass is 16.5. The number of carbonyl (C=O) groups excluding carboxylic acids is 1. The summed E-state index contributed by atoms with van der Waals surface area (Å²) in [5, 5.41) is 0. The highest BCUT2D eigenvalue weighted by molar-refractivity contribution is 5.80. The largest absolute Gasteiger partial charge is 0.381 e. The summed E-state index contributed by atoms with van der Waals surface area (Å²) in [5.74, 6) is 1.74. The van der Waals surface area contributed by atoms with Gasteiger partial charge in [-0.05, 0) is 31.0 Å². The Hall–Kier alpha value is -2.08. The first-order valence-electron chi connectivity index (χ1n) is 8.78. The topological polar surface area (TPSA) is 61.5 Å². The van der Waals surface area contributed by atoms with Crippen molar-refractivity contribution in [2.45, 2.75) is 25.7 Å². The van der Waals surface area contributed by atoms with Crippen LogP contribution in [0.4, 0.5) is 5.69 Å². The minimum absolute atomic E-state index is 0.166. The summed E-state index contributed by atoms with van der Waals surface area (Å²) < 4.78 is 5.44. The summed E-state index contributed by atoms with van der Waals surface area (Å²) in [5.41, 5.74) is 3.33. The van der Waals surface area contributed by atoms with Crippen molar-refractivity contribution < 1.29 is 9.53 Å². The molecule has 0 radical (unpaired) electrons. The number of nitrogens with one attached hydrogen (secondary N) is 1. The van der Waals surface area contributed by atoms with Crippen molar-refractivity contribution >= 4 is 22.6 Å². The van der Waals surface area contributed by atoms with Crippen molar-refractivity contribution in [3.05, 3.63) is 24.0 Å². The van der Waals surface area contributed by atoms with Crippen LogP contribution < -0.4 is 4.90 Å². The molecule has 3 heterocycles. The van der Waals surface area contributed by atoms with Crippen LogP contribution in [0.15, 0.2) is 18.2 Å². The monoisotopic (exact) mass is 328 g/mol. The lowest BCUT2D eigenvalue weighted by molar-refractivity contribution is -0.129. The quantitative estimate of drug-likeness (QED) is 0.917. The summed E-state index contributed by atoms with van der Waals surface area (Å²) in [4.78, 5) is 24.0. The molecule has 6 nitrogen and oxygen atoms in total. The number of anilines is 1. The number of hydrogen-bond donors (Lipinski definition) is 1. The van der Waals surface area contributed by atoms with Gasteiger partial charge in [-0.15, -0.1) is 0 Å². The molecule has 2 aromatic rings. The van der Waals surface area contributed by atoms with E-state index in [9.17, 15) is 4.79 Å². The first-order chi connectivity index (χ1) is 11.7. The number of piperazine rings is 1. The molecule has 128 valence electrons. The molecule has 1 aromatic heterocycles. The van der Waals surface area contributed by atoms with E-state index >= 15 is 0 Å². The molecule has 0 saturated carbocycles. The standard InChI is InChI=1S/C18H24N4O2/c1-13(23)21-6-8-22(9-7-21)15-2-3-16-17(12-15)20-18(19-16)14-4-10-24-11-5-14/h2-3,12,14H,4-11H2,1H3,(H,19,20). The van der Waals surface area contributed by atoms with E-state index < -0.39 is 0 Å². The highest BCUT2D eigenvalue weighted by Gasteiger charge is 2.21. The number of benzene rings is 1. The maximum atomic E-state index is 11.5. The molecule has 0 spiro atoms. The van der Waals surface area contributed by atoms with Gasteiger partial charge in [0.15, 0.2) is 0 Å². The predicted molar refractivity (Wildman–Crippen MR) is 93.4 cm³/mol. The minimum Gasteiger partial charge on any atom is -0.381 e. The smallest absolute Gasteiger partial charge is 0.219 e. The normalized spacial score (nSPS) is 19.9. The average molecular weight is 328 g/mol. The van der Waals surface area contributed by atoms with Crippen LogP contribution in [0.25, 0.3) is 11.0 Å². The fourth-order valence-corrected chi connectivity index (χ4v) is 3.66. The van der Waals surface area contributed by atoms with Crippen molar-refractivity contribution in [2.24, 2.45) is 0 Å². The highest BCUT2D eigenvalue weighted by Crippen LogP contribution is 2.28. The molecule has 0 bridgehead atoms. The van der Waals surface area contributed by atoms with Gasteiger partial charge in [-0.1, -0.05) is 0 Å². The van der Waals surface area contributed by atoms with Crippen LogP contribution in [-0.2, 0) is 9.53 Å². The van der Waals surface area contributed by atoms with Crippen molar-refractivity contribution in [2.75, 3.05) is 44.3 Å². The van der Waals surface area contributed by atoms with E-state index in [0.717, 1.165) is 69.1 Å². The van der Waals surface area contributed by atoms with Crippen LogP contribution in [0.5, 0.6) is 0 Å². The fraction of sp³-hybridized carbons (Fsp3) is 0.556. The Morgan fingerprint density at radius 3 is 2.67 bits per heavy atom. The van der Waals surface area contributed by atoms with Gasteiger partial charge in [0.25, 0.3) is 0 Å². The molecule has 6 heteroatoms. The van der Waals surface area contributed by atoms with E-state index in [1.54, 1.807) is 6.92 Å². The molecule has 2 aliphatic rings. The Kier molecular flexibility index (Phi) is 4.14. The van der Waals surface area contributed by atoms with Gasteiger partial charge in [-0.3, -0.25) is 4.79 Å². The first kappa shape index (κ1) is 15.4. The van der Waals surface area contributed by atoms with E-state index in [1.165, 1.54) is 5.69 Å². The summed E-state index contributed by atoms with van der Waals surface area (Å²) in [6, 6.07) is 6.43. The number of imidazole rings is 1. The zero-order chi connectivity index (χ0) is 16.5. The van der Waals surface area contributed by atoms with E-state index in [2.05, 4.69) is 28.1 Å². The number of carbonyl (C=O) groups is 1. The number of aromatic amines is 1. The number of nitrogens with zero attached hydrogens (tertiary/aromatic N) is 3. The number of ether oxygens (including phenoxy) is 1. The molecule has 2 saturated heterocycles.